The third-order valence-electron chi connectivity index (χ3n) is 1.61. The van der Waals surface area contributed by atoms with E-state index in [0.717, 1.165) is 4.46 Å². The SMILES string of the molecule is CCOP(=O)(OCC)[Se]c1ccc(Cl)cc1. The maximum absolute atomic E-state index is 12.2. The summed E-state index contributed by atoms with van der Waals surface area (Å²) >= 11 is 5.45. The molecule has 0 saturated heterocycles. The minimum atomic E-state index is -2.94. The van der Waals surface area contributed by atoms with Crippen molar-refractivity contribution in [3.05, 3.63) is 29.3 Å². The van der Waals surface area contributed by atoms with Crippen molar-refractivity contribution < 1.29 is 13.6 Å². The second kappa shape index (κ2) is 6.80. The number of hydrogen-bond acceptors (Lipinski definition) is 3. The zero-order valence-corrected chi connectivity index (χ0v) is 12.5. The second-order valence-corrected chi connectivity index (χ2v) is 9.81. The van der Waals surface area contributed by atoms with Crippen LogP contribution in [0, 0.1) is 0 Å². The summed E-state index contributed by atoms with van der Waals surface area (Å²) < 4.78 is 23.6. The molecule has 0 heterocycles. The first-order chi connectivity index (χ1) is 7.59. The average Bonchev–Trinajstić information content (AvgIpc) is 2.22. The Balaban J connectivity index is 2.75. The van der Waals surface area contributed by atoms with Crippen molar-refractivity contribution in [3.63, 3.8) is 0 Å². The molecule has 0 atom stereocenters. The summed E-state index contributed by atoms with van der Waals surface area (Å²) in [6.07, 6.45) is -2.94. The molecule has 90 valence electrons. The zero-order valence-electron chi connectivity index (χ0n) is 9.18. The van der Waals surface area contributed by atoms with Crippen molar-refractivity contribution in [3.8, 4) is 0 Å². The molecular formula is C10H14ClO3PSe. The van der Waals surface area contributed by atoms with Crippen LogP contribution in [0.15, 0.2) is 24.3 Å². The predicted molar refractivity (Wildman–Crippen MR) is 67.7 cm³/mol. The molecule has 0 N–H and O–H groups in total. The molecular weight excluding hydrogens is 313 g/mol. The monoisotopic (exact) mass is 328 g/mol. The van der Waals surface area contributed by atoms with Gasteiger partial charge in [-0.1, -0.05) is 0 Å². The van der Waals surface area contributed by atoms with E-state index in [4.69, 9.17) is 20.6 Å². The second-order valence-electron chi connectivity index (χ2n) is 2.83. The van der Waals surface area contributed by atoms with Gasteiger partial charge in [0.1, 0.15) is 0 Å². The Kier molecular flexibility index (Phi) is 6.06. The summed E-state index contributed by atoms with van der Waals surface area (Å²) in [6, 6.07) is 7.27. The topological polar surface area (TPSA) is 35.5 Å². The Morgan fingerprint density at radius 3 is 2.12 bits per heavy atom. The first-order valence-electron chi connectivity index (χ1n) is 4.94. The molecule has 16 heavy (non-hydrogen) atoms. The van der Waals surface area contributed by atoms with Crippen LogP contribution in [0.2, 0.25) is 5.02 Å². The van der Waals surface area contributed by atoms with Gasteiger partial charge in [0, 0.05) is 0 Å². The van der Waals surface area contributed by atoms with E-state index in [0.29, 0.717) is 18.2 Å². The number of benzene rings is 1. The van der Waals surface area contributed by atoms with Gasteiger partial charge in [-0.15, -0.1) is 0 Å². The third kappa shape index (κ3) is 4.58. The Bertz CT molecular complexity index is 359. The molecule has 0 spiro atoms. The minimum absolute atomic E-state index is 0.330. The van der Waals surface area contributed by atoms with Crippen LogP contribution in [0.1, 0.15) is 13.8 Å². The molecule has 0 aliphatic heterocycles. The summed E-state index contributed by atoms with van der Waals surface area (Å²) in [5, 5.41) is 0.669. The van der Waals surface area contributed by atoms with Crippen molar-refractivity contribution >= 4 is 36.9 Å². The van der Waals surface area contributed by atoms with Crippen molar-refractivity contribution in [2.45, 2.75) is 13.8 Å². The Morgan fingerprint density at radius 2 is 1.69 bits per heavy atom. The van der Waals surface area contributed by atoms with Gasteiger partial charge in [0.2, 0.25) is 0 Å². The van der Waals surface area contributed by atoms with E-state index in [1.165, 1.54) is 0 Å². The summed E-state index contributed by atoms with van der Waals surface area (Å²) in [5.74, 6) is 0. The van der Waals surface area contributed by atoms with E-state index < -0.39 is 6.29 Å². The molecule has 0 unspecified atom stereocenters. The molecule has 0 bridgehead atoms. The first kappa shape index (κ1) is 14.2. The molecule has 0 fully saturated rings. The van der Waals surface area contributed by atoms with Gasteiger partial charge < -0.3 is 0 Å². The predicted octanol–water partition coefficient (Wildman–Crippen LogP) is 2.85. The molecule has 0 aliphatic rings. The molecule has 0 aliphatic carbocycles. The van der Waals surface area contributed by atoms with E-state index in [2.05, 4.69) is 0 Å². The zero-order chi connectivity index (χ0) is 12.0. The van der Waals surface area contributed by atoms with Crippen molar-refractivity contribution in [1.29, 1.82) is 0 Å². The van der Waals surface area contributed by atoms with Crippen molar-refractivity contribution in [2.24, 2.45) is 0 Å². The maximum atomic E-state index is 12.2. The fraction of sp³-hybridized carbons (Fsp3) is 0.400. The van der Waals surface area contributed by atoms with Crippen molar-refractivity contribution in [2.75, 3.05) is 13.2 Å². The van der Waals surface area contributed by atoms with Crippen LogP contribution >= 0.6 is 17.9 Å². The number of rotatable bonds is 6. The van der Waals surface area contributed by atoms with Crippen LogP contribution in [0.4, 0.5) is 0 Å². The molecule has 1 rings (SSSR count). The molecule has 0 aromatic heterocycles. The van der Waals surface area contributed by atoms with Crippen LogP contribution < -0.4 is 4.46 Å². The number of hydrogen-bond donors (Lipinski definition) is 0. The fourth-order valence-electron chi connectivity index (χ4n) is 1.03. The van der Waals surface area contributed by atoms with E-state index in [1.54, 1.807) is 12.1 Å². The van der Waals surface area contributed by atoms with Gasteiger partial charge in [-0.25, -0.2) is 0 Å². The van der Waals surface area contributed by atoms with Crippen LogP contribution in [0.5, 0.6) is 0 Å². The Morgan fingerprint density at radius 1 is 1.19 bits per heavy atom. The molecule has 0 amide bonds. The van der Waals surface area contributed by atoms with Crippen LogP contribution in [0.3, 0.4) is 0 Å². The Labute approximate surface area is 107 Å². The summed E-state index contributed by atoms with van der Waals surface area (Å²) in [7, 11) is 0. The Hall–Kier alpha value is 0.179. The third-order valence-corrected chi connectivity index (χ3v) is 8.07. The fourth-order valence-corrected chi connectivity index (χ4v) is 7.02. The van der Waals surface area contributed by atoms with Gasteiger partial charge >= 0.3 is 107 Å². The standard InChI is InChI=1S/C10H14ClO3PSe/c1-3-13-15(12,14-4-2)16-10-7-5-9(11)6-8-10/h5-8H,3-4H2,1-2H3. The average molecular weight is 328 g/mol. The van der Waals surface area contributed by atoms with E-state index in [-0.39, 0.29) is 14.5 Å². The first-order valence-corrected chi connectivity index (χ1v) is 9.93. The van der Waals surface area contributed by atoms with Crippen molar-refractivity contribution in [1.82, 2.24) is 0 Å². The van der Waals surface area contributed by atoms with Gasteiger partial charge in [-0.3, -0.25) is 0 Å². The molecule has 3 nitrogen and oxygen atoms in total. The molecule has 1 aromatic rings. The van der Waals surface area contributed by atoms with Gasteiger partial charge in [-0.05, 0) is 0 Å². The number of halogens is 1. The molecule has 1 aromatic carbocycles. The van der Waals surface area contributed by atoms with Gasteiger partial charge in [0.05, 0.1) is 0 Å². The van der Waals surface area contributed by atoms with Gasteiger partial charge in [0.25, 0.3) is 0 Å². The normalized spacial score (nSPS) is 11.7. The summed E-state index contributed by atoms with van der Waals surface area (Å²) in [4.78, 5) is 0. The molecule has 0 saturated carbocycles. The van der Waals surface area contributed by atoms with Gasteiger partial charge in [0.15, 0.2) is 0 Å². The van der Waals surface area contributed by atoms with E-state index >= 15 is 0 Å². The summed E-state index contributed by atoms with van der Waals surface area (Å²) in [6.45, 7) is 4.41. The molecule has 6 heteroatoms. The van der Waals surface area contributed by atoms with E-state index in [9.17, 15) is 4.57 Å². The van der Waals surface area contributed by atoms with Crippen LogP contribution in [-0.4, -0.2) is 27.7 Å². The quantitative estimate of drug-likeness (QED) is 0.595. The van der Waals surface area contributed by atoms with E-state index in [1.807, 2.05) is 26.0 Å². The molecule has 0 radical (unpaired) electrons. The summed E-state index contributed by atoms with van der Waals surface area (Å²) in [5.41, 5.74) is 0. The van der Waals surface area contributed by atoms with Crippen LogP contribution in [-0.2, 0) is 13.6 Å². The van der Waals surface area contributed by atoms with Crippen LogP contribution in [0.25, 0.3) is 0 Å². The van der Waals surface area contributed by atoms with Gasteiger partial charge in [-0.2, -0.15) is 0 Å².